The summed E-state index contributed by atoms with van der Waals surface area (Å²) in [5.41, 5.74) is 1.94. The molecule has 2 rings (SSSR count). The van der Waals surface area contributed by atoms with Crippen molar-refractivity contribution in [2.24, 2.45) is 5.92 Å². The van der Waals surface area contributed by atoms with Gasteiger partial charge in [0.2, 0.25) is 5.91 Å². The van der Waals surface area contributed by atoms with Gasteiger partial charge in [0.15, 0.2) is 0 Å². The fourth-order valence-electron chi connectivity index (χ4n) is 2.46. The van der Waals surface area contributed by atoms with Crippen LogP contribution < -0.4 is 5.32 Å². The number of carbonyl (C=O) groups excluding carboxylic acids is 1. The van der Waals surface area contributed by atoms with Gasteiger partial charge in [0, 0.05) is 11.8 Å². The SMILES string of the molecule is CC(C)C(=O)NCc1ccc(C2CCCCC2)nn1. The van der Waals surface area contributed by atoms with Crippen LogP contribution in [0.2, 0.25) is 0 Å². The quantitative estimate of drug-likeness (QED) is 0.906. The molecule has 1 aliphatic rings. The van der Waals surface area contributed by atoms with E-state index in [2.05, 4.69) is 21.6 Å². The van der Waals surface area contributed by atoms with E-state index in [9.17, 15) is 4.79 Å². The lowest BCUT2D eigenvalue weighted by Crippen LogP contribution is -2.27. The summed E-state index contributed by atoms with van der Waals surface area (Å²) in [6, 6.07) is 4.05. The first kappa shape index (κ1) is 14.0. The highest BCUT2D eigenvalue weighted by Crippen LogP contribution is 2.30. The van der Waals surface area contributed by atoms with Gasteiger partial charge in [-0.25, -0.2) is 0 Å². The first-order valence-electron chi connectivity index (χ1n) is 7.27. The van der Waals surface area contributed by atoms with E-state index < -0.39 is 0 Å². The standard InChI is InChI=1S/C15H23N3O/c1-11(2)15(19)16-10-13-8-9-14(18-17-13)12-6-4-3-5-7-12/h8-9,11-12H,3-7,10H2,1-2H3,(H,16,19). The van der Waals surface area contributed by atoms with Gasteiger partial charge in [-0.3, -0.25) is 4.79 Å². The van der Waals surface area contributed by atoms with Gasteiger partial charge in [0.25, 0.3) is 0 Å². The van der Waals surface area contributed by atoms with E-state index in [0.717, 1.165) is 11.4 Å². The second-order valence-corrected chi connectivity index (χ2v) is 5.66. The third kappa shape index (κ3) is 4.01. The van der Waals surface area contributed by atoms with Crippen LogP contribution in [-0.2, 0) is 11.3 Å². The highest BCUT2D eigenvalue weighted by molar-refractivity contribution is 5.77. The van der Waals surface area contributed by atoms with E-state index in [0.29, 0.717) is 12.5 Å². The minimum atomic E-state index is 0.00877. The van der Waals surface area contributed by atoms with E-state index >= 15 is 0 Å². The van der Waals surface area contributed by atoms with Crippen molar-refractivity contribution in [2.45, 2.75) is 58.4 Å². The Morgan fingerprint density at radius 1 is 1.26 bits per heavy atom. The Kier molecular flexibility index (Phi) is 4.88. The monoisotopic (exact) mass is 261 g/mol. The third-order valence-electron chi connectivity index (χ3n) is 3.73. The number of nitrogens with one attached hydrogen (secondary N) is 1. The minimum Gasteiger partial charge on any atom is -0.350 e. The molecule has 0 saturated heterocycles. The summed E-state index contributed by atoms with van der Waals surface area (Å²) in [5, 5.41) is 11.4. The zero-order chi connectivity index (χ0) is 13.7. The van der Waals surface area contributed by atoms with E-state index in [-0.39, 0.29) is 11.8 Å². The molecule has 104 valence electrons. The smallest absolute Gasteiger partial charge is 0.222 e. The van der Waals surface area contributed by atoms with Crippen LogP contribution in [-0.4, -0.2) is 16.1 Å². The Hall–Kier alpha value is -1.45. The minimum absolute atomic E-state index is 0.00877. The average Bonchev–Trinajstić information content (AvgIpc) is 2.46. The Morgan fingerprint density at radius 2 is 2.00 bits per heavy atom. The first-order chi connectivity index (χ1) is 9.16. The Balaban J connectivity index is 1.89. The molecule has 1 saturated carbocycles. The number of nitrogens with zero attached hydrogens (tertiary/aromatic N) is 2. The van der Waals surface area contributed by atoms with Crippen molar-refractivity contribution in [3.63, 3.8) is 0 Å². The van der Waals surface area contributed by atoms with Crippen LogP contribution in [0, 0.1) is 5.92 Å². The van der Waals surface area contributed by atoms with Crippen LogP contribution in [0.25, 0.3) is 0 Å². The van der Waals surface area contributed by atoms with Gasteiger partial charge in [-0.05, 0) is 25.0 Å². The summed E-state index contributed by atoms with van der Waals surface area (Å²) in [7, 11) is 0. The fraction of sp³-hybridized carbons (Fsp3) is 0.667. The molecule has 0 atom stereocenters. The van der Waals surface area contributed by atoms with Gasteiger partial charge in [-0.15, -0.1) is 0 Å². The normalized spacial score (nSPS) is 16.6. The highest BCUT2D eigenvalue weighted by atomic mass is 16.1. The molecule has 4 nitrogen and oxygen atoms in total. The molecule has 1 heterocycles. The van der Waals surface area contributed by atoms with E-state index in [1.54, 1.807) is 0 Å². The molecule has 1 aromatic rings. The van der Waals surface area contributed by atoms with Gasteiger partial charge in [-0.2, -0.15) is 10.2 Å². The second kappa shape index (κ2) is 6.64. The predicted molar refractivity (Wildman–Crippen MR) is 74.5 cm³/mol. The lowest BCUT2D eigenvalue weighted by molar-refractivity contribution is -0.124. The summed E-state index contributed by atoms with van der Waals surface area (Å²) in [6.07, 6.45) is 6.43. The Bertz CT molecular complexity index is 408. The van der Waals surface area contributed by atoms with Crippen LogP contribution in [0.15, 0.2) is 12.1 Å². The first-order valence-corrected chi connectivity index (χ1v) is 7.27. The number of hydrogen-bond acceptors (Lipinski definition) is 3. The molecule has 1 aliphatic carbocycles. The maximum Gasteiger partial charge on any atom is 0.222 e. The molecule has 1 aromatic heterocycles. The van der Waals surface area contributed by atoms with E-state index in [1.165, 1.54) is 32.1 Å². The van der Waals surface area contributed by atoms with Gasteiger partial charge < -0.3 is 5.32 Å². The summed E-state index contributed by atoms with van der Waals surface area (Å²) >= 11 is 0. The van der Waals surface area contributed by atoms with E-state index in [1.807, 2.05) is 19.9 Å². The Labute approximate surface area is 115 Å². The molecule has 1 N–H and O–H groups in total. The van der Waals surface area contributed by atoms with Crippen molar-refractivity contribution < 1.29 is 4.79 Å². The molecule has 1 fully saturated rings. The molecular formula is C15H23N3O. The maximum atomic E-state index is 11.5. The zero-order valence-electron chi connectivity index (χ0n) is 11.9. The number of carbonyl (C=O) groups is 1. The maximum absolute atomic E-state index is 11.5. The molecule has 0 aliphatic heterocycles. The van der Waals surface area contributed by atoms with Gasteiger partial charge in [-0.1, -0.05) is 33.1 Å². The van der Waals surface area contributed by atoms with E-state index in [4.69, 9.17) is 0 Å². The number of rotatable bonds is 4. The lowest BCUT2D eigenvalue weighted by atomic mass is 9.87. The summed E-state index contributed by atoms with van der Waals surface area (Å²) in [6.45, 7) is 4.23. The molecule has 19 heavy (non-hydrogen) atoms. The predicted octanol–water partition coefficient (Wildman–Crippen LogP) is 2.80. The third-order valence-corrected chi connectivity index (χ3v) is 3.73. The van der Waals surface area contributed by atoms with Crippen LogP contribution in [0.3, 0.4) is 0 Å². The topological polar surface area (TPSA) is 54.9 Å². The summed E-state index contributed by atoms with van der Waals surface area (Å²) < 4.78 is 0. The molecule has 0 spiro atoms. The van der Waals surface area contributed by atoms with Crippen LogP contribution >= 0.6 is 0 Å². The number of aromatic nitrogens is 2. The van der Waals surface area contributed by atoms with Crippen LogP contribution in [0.1, 0.15) is 63.3 Å². The fourth-order valence-corrected chi connectivity index (χ4v) is 2.46. The zero-order valence-corrected chi connectivity index (χ0v) is 11.9. The molecule has 0 bridgehead atoms. The summed E-state index contributed by atoms with van der Waals surface area (Å²) in [5.74, 6) is 0.646. The van der Waals surface area contributed by atoms with Gasteiger partial charge in [0.05, 0.1) is 17.9 Å². The lowest BCUT2D eigenvalue weighted by Gasteiger charge is -2.20. The van der Waals surface area contributed by atoms with Crippen molar-refractivity contribution >= 4 is 5.91 Å². The average molecular weight is 261 g/mol. The molecule has 4 heteroatoms. The van der Waals surface area contributed by atoms with Crippen LogP contribution in [0.5, 0.6) is 0 Å². The highest BCUT2D eigenvalue weighted by Gasteiger charge is 2.17. The van der Waals surface area contributed by atoms with Crippen molar-refractivity contribution in [1.82, 2.24) is 15.5 Å². The second-order valence-electron chi connectivity index (χ2n) is 5.66. The molecular weight excluding hydrogens is 238 g/mol. The van der Waals surface area contributed by atoms with Crippen molar-refractivity contribution in [3.05, 3.63) is 23.5 Å². The van der Waals surface area contributed by atoms with Crippen LogP contribution in [0.4, 0.5) is 0 Å². The molecule has 1 amide bonds. The molecule has 0 radical (unpaired) electrons. The summed E-state index contributed by atoms with van der Waals surface area (Å²) in [4.78, 5) is 11.5. The Morgan fingerprint density at radius 3 is 2.58 bits per heavy atom. The molecule has 0 aromatic carbocycles. The van der Waals surface area contributed by atoms with Crippen molar-refractivity contribution in [2.75, 3.05) is 0 Å². The van der Waals surface area contributed by atoms with Gasteiger partial charge in [0.1, 0.15) is 0 Å². The van der Waals surface area contributed by atoms with Gasteiger partial charge >= 0.3 is 0 Å². The van der Waals surface area contributed by atoms with Crippen molar-refractivity contribution in [1.29, 1.82) is 0 Å². The largest absolute Gasteiger partial charge is 0.350 e. The number of hydrogen-bond donors (Lipinski definition) is 1. The van der Waals surface area contributed by atoms with Crippen molar-refractivity contribution in [3.8, 4) is 0 Å². The molecule has 0 unspecified atom stereocenters. The number of amides is 1.